The third-order valence-electron chi connectivity index (χ3n) is 1.88. The van der Waals surface area contributed by atoms with Gasteiger partial charge in [0.2, 0.25) is 0 Å². The van der Waals surface area contributed by atoms with Crippen LogP contribution < -0.4 is 0 Å². The smallest absolute Gasteiger partial charge is 0.391 e. The summed E-state index contributed by atoms with van der Waals surface area (Å²) in [5.74, 6) is -12.8. The van der Waals surface area contributed by atoms with Gasteiger partial charge in [-0.3, -0.25) is 4.74 Å². The Labute approximate surface area is 128 Å². The summed E-state index contributed by atoms with van der Waals surface area (Å²) in [6, 6.07) is 0. The van der Waals surface area contributed by atoms with Gasteiger partial charge in [0.05, 0.1) is 6.61 Å². The lowest BCUT2D eigenvalue weighted by Crippen LogP contribution is -2.58. The Morgan fingerprint density at radius 1 is 0.864 bits per heavy atom. The van der Waals surface area contributed by atoms with Crippen LogP contribution in [0.4, 0.5) is 48.3 Å². The summed E-state index contributed by atoms with van der Waals surface area (Å²) >= 11 is 0.796. The number of hydrogen-bond acceptors (Lipinski definition) is 2. The van der Waals surface area contributed by atoms with E-state index in [-0.39, 0.29) is 0 Å². The zero-order valence-corrected chi connectivity index (χ0v) is 11.8. The molecule has 22 heavy (non-hydrogen) atoms. The zero-order chi connectivity index (χ0) is 18.2. The highest BCUT2D eigenvalue weighted by Gasteiger charge is 2.78. The predicted molar refractivity (Wildman–Crippen MR) is 56.1 cm³/mol. The highest BCUT2D eigenvalue weighted by Crippen LogP contribution is 2.51. The van der Waals surface area contributed by atoms with Gasteiger partial charge in [0.1, 0.15) is 0 Å². The highest BCUT2D eigenvalue weighted by atomic mass is 127. The molecule has 2 nitrogen and oxygen atoms in total. The fourth-order valence-corrected chi connectivity index (χ4v) is 1.23. The second kappa shape index (κ2) is 6.26. The summed E-state index contributed by atoms with van der Waals surface area (Å²) in [6.07, 6.45) is -21.2. The van der Waals surface area contributed by atoms with Crippen LogP contribution in [0, 0.1) is 0 Å². The lowest BCUT2D eigenvalue weighted by atomic mass is 10.2. The quantitative estimate of drug-likeness (QED) is 0.481. The van der Waals surface area contributed by atoms with E-state index in [2.05, 4.69) is 4.74 Å². The summed E-state index contributed by atoms with van der Waals surface area (Å²) < 4.78 is 137. The fourth-order valence-electron chi connectivity index (χ4n) is 0.832. The van der Waals surface area contributed by atoms with Gasteiger partial charge in [-0.25, -0.2) is 0 Å². The third-order valence-corrected chi connectivity index (χ3v) is 2.53. The molecule has 0 amide bonds. The first kappa shape index (κ1) is 21.6. The molecule has 132 valence electrons. The van der Waals surface area contributed by atoms with Gasteiger partial charge in [-0.2, -0.15) is 48.3 Å². The monoisotopic (exact) mass is 468 g/mol. The van der Waals surface area contributed by atoms with Crippen molar-refractivity contribution in [2.45, 2.75) is 30.2 Å². The molecule has 0 heterocycles. The molecular formula is C8H4F11IO2. The van der Waals surface area contributed by atoms with Gasteiger partial charge in [0, 0.05) is 9.66 Å². The highest BCUT2D eigenvalue weighted by molar-refractivity contribution is 14.1. The molecule has 0 aliphatic carbocycles. The largest absolute Gasteiger partial charge is 0.462 e. The van der Waals surface area contributed by atoms with Crippen molar-refractivity contribution in [3.8, 4) is 0 Å². The van der Waals surface area contributed by atoms with Gasteiger partial charge < -0.3 is 5.11 Å². The molecule has 1 atom stereocenters. The summed E-state index contributed by atoms with van der Waals surface area (Å²) in [7, 11) is 0. The van der Waals surface area contributed by atoms with Crippen molar-refractivity contribution in [2.24, 2.45) is 0 Å². The van der Waals surface area contributed by atoms with Crippen LogP contribution in [0.15, 0.2) is 9.66 Å². The average molecular weight is 468 g/mol. The molecule has 0 rings (SSSR count). The van der Waals surface area contributed by atoms with Crippen LogP contribution in [0.2, 0.25) is 0 Å². The maximum absolute atomic E-state index is 13.4. The second-order valence-corrected chi connectivity index (χ2v) is 4.97. The van der Waals surface area contributed by atoms with E-state index in [4.69, 9.17) is 5.11 Å². The summed E-state index contributed by atoms with van der Waals surface area (Å²) in [5, 5.41) is 8.37. The van der Waals surface area contributed by atoms with Crippen LogP contribution in [0.5, 0.6) is 0 Å². The summed E-state index contributed by atoms with van der Waals surface area (Å²) in [5.41, 5.74) is 0. The lowest BCUT2D eigenvalue weighted by Gasteiger charge is -2.33. The van der Waals surface area contributed by atoms with E-state index in [0.29, 0.717) is 0 Å². The lowest BCUT2D eigenvalue weighted by molar-refractivity contribution is -0.473. The zero-order valence-electron chi connectivity index (χ0n) is 9.68. The number of rotatable bonds is 5. The minimum absolute atomic E-state index is 0.796. The molecule has 0 aromatic heterocycles. The van der Waals surface area contributed by atoms with Crippen molar-refractivity contribution < 1.29 is 58.1 Å². The van der Waals surface area contributed by atoms with Crippen LogP contribution in [-0.2, 0) is 4.74 Å². The Bertz CT molecular complexity index is 427. The van der Waals surface area contributed by atoms with Gasteiger partial charge in [-0.05, 0) is 22.6 Å². The van der Waals surface area contributed by atoms with E-state index >= 15 is 0 Å². The second-order valence-electron chi connectivity index (χ2n) is 3.58. The number of hydrogen-bond donors (Lipinski definition) is 1. The van der Waals surface area contributed by atoms with Crippen LogP contribution in [0.1, 0.15) is 0 Å². The normalized spacial score (nSPS) is 18.3. The van der Waals surface area contributed by atoms with Crippen molar-refractivity contribution >= 4 is 22.6 Å². The molecule has 0 aliphatic rings. The van der Waals surface area contributed by atoms with Crippen molar-refractivity contribution in [2.75, 3.05) is 6.61 Å². The third kappa shape index (κ3) is 4.33. The molecule has 14 heteroatoms. The molecule has 0 saturated heterocycles. The number of aliphatic hydroxyl groups excluding tert-OH is 1. The fraction of sp³-hybridized carbons (Fsp3) is 0.750. The SMILES string of the molecule is OCC(I)=CC(F)(OC(F)(F)C(F)(F)C(F)(F)F)C(F)(F)F. The molecule has 0 radical (unpaired) electrons. The van der Waals surface area contributed by atoms with Crippen molar-refractivity contribution in [3.05, 3.63) is 9.66 Å². The topological polar surface area (TPSA) is 29.5 Å². The average Bonchev–Trinajstić information content (AvgIpc) is 2.24. The van der Waals surface area contributed by atoms with Crippen molar-refractivity contribution in [3.63, 3.8) is 0 Å². The van der Waals surface area contributed by atoms with Gasteiger partial charge in [0.15, 0.2) is 0 Å². The maximum atomic E-state index is 13.4. The first-order chi connectivity index (χ1) is 9.41. The van der Waals surface area contributed by atoms with Gasteiger partial charge in [-0.1, -0.05) is 0 Å². The minimum Gasteiger partial charge on any atom is -0.391 e. The van der Waals surface area contributed by atoms with E-state index in [1.54, 1.807) is 0 Å². The number of aliphatic hydroxyl groups is 1. The molecule has 0 fully saturated rings. The first-order valence-corrected chi connectivity index (χ1v) is 5.75. The first-order valence-electron chi connectivity index (χ1n) is 4.67. The van der Waals surface area contributed by atoms with E-state index in [0.717, 1.165) is 22.6 Å². The van der Waals surface area contributed by atoms with Crippen LogP contribution >= 0.6 is 22.6 Å². The number of alkyl halides is 11. The van der Waals surface area contributed by atoms with Crippen molar-refractivity contribution in [1.29, 1.82) is 0 Å². The van der Waals surface area contributed by atoms with E-state index in [1.165, 1.54) is 0 Å². The number of ether oxygens (including phenoxy) is 1. The molecule has 0 saturated carbocycles. The summed E-state index contributed by atoms with van der Waals surface area (Å²) in [4.78, 5) is 0. The Morgan fingerprint density at radius 3 is 1.55 bits per heavy atom. The predicted octanol–water partition coefficient (Wildman–Crippen LogP) is 4.33. The maximum Gasteiger partial charge on any atom is 0.462 e. The van der Waals surface area contributed by atoms with Crippen LogP contribution in [0.3, 0.4) is 0 Å². The molecule has 0 spiro atoms. The standard InChI is InChI=1S/C8H4F11IO2/c9-4(6(12,13)14,1-3(20)2-21)22-8(18,19)5(10,11)7(15,16)17/h1,21H,2H2. The van der Waals surface area contributed by atoms with Crippen LogP contribution in [0.25, 0.3) is 0 Å². The molecule has 0 bridgehead atoms. The Balaban J connectivity index is 5.88. The van der Waals surface area contributed by atoms with E-state index < -0.39 is 46.5 Å². The van der Waals surface area contributed by atoms with E-state index in [9.17, 15) is 48.3 Å². The molecule has 1 unspecified atom stereocenters. The van der Waals surface area contributed by atoms with Crippen LogP contribution in [-0.4, -0.2) is 42.0 Å². The molecular weight excluding hydrogens is 464 g/mol. The Hall–Kier alpha value is -0.380. The minimum atomic E-state index is -7.10. The number of halogens is 12. The van der Waals surface area contributed by atoms with Gasteiger partial charge in [-0.15, -0.1) is 0 Å². The Kier molecular flexibility index (Phi) is 6.15. The van der Waals surface area contributed by atoms with Crippen molar-refractivity contribution in [1.82, 2.24) is 0 Å². The Morgan fingerprint density at radius 2 is 1.27 bits per heavy atom. The summed E-state index contributed by atoms with van der Waals surface area (Å²) in [6.45, 7) is -1.34. The van der Waals surface area contributed by atoms with Gasteiger partial charge in [0.25, 0.3) is 0 Å². The van der Waals surface area contributed by atoms with E-state index in [1.807, 2.05) is 0 Å². The van der Waals surface area contributed by atoms with Gasteiger partial charge >= 0.3 is 30.2 Å². The molecule has 0 aromatic carbocycles. The molecule has 0 aliphatic heterocycles. The molecule has 0 aromatic rings. The molecule has 1 N–H and O–H groups in total.